The first-order chi connectivity index (χ1) is 8.84. The van der Waals surface area contributed by atoms with Crippen LogP contribution in [0.3, 0.4) is 0 Å². The molecular formula is C14H17N3O. The normalized spacial score (nSPS) is 23.4. The van der Waals surface area contributed by atoms with E-state index < -0.39 is 0 Å². The van der Waals surface area contributed by atoms with Crippen molar-refractivity contribution in [2.45, 2.75) is 25.4 Å². The molecule has 1 fully saturated rings. The fraction of sp³-hybridized carbons (Fsp3) is 0.429. The van der Waals surface area contributed by atoms with Gasteiger partial charge in [-0.3, -0.25) is 0 Å². The standard InChI is InChI=1S/C14H17N3O/c18-13-7-3-4-10(13)8-15-14-11-5-1-2-6-12(11)16-9-17-14/h1-2,5-6,9-10,13,18H,3-4,7-8H2,(H,15,16,17). The maximum absolute atomic E-state index is 9.81. The van der Waals surface area contributed by atoms with Crippen LogP contribution >= 0.6 is 0 Å². The minimum atomic E-state index is -0.161. The number of nitrogens with one attached hydrogen (secondary N) is 1. The van der Waals surface area contributed by atoms with E-state index >= 15 is 0 Å². The quantitative estimate of drug-likeness (QED) is 0.867. The molecule has 18 heavy (non-hydrogen) atoms. The summed E-state index contributed by atoms with van der Waals surface area (Å²) >= 11 is 0. The molecule has 0 aliphatic heterocycles. The monoisotopic (exact) mass is 243 g/mol. The maximum atomic E-state index is 9.81. The van der Waals surface area contributed by atoms with Crippen LogP contribution in [0.4, 0.5) is 5.82 Å². The van der Waals surface area contributed by atoms with E-state index in [0.29, 0.717) is 5.92 Å². The van der Waals surface area contributed by atoms with E-state index in [1.54, 1.807) is 6.33 Å². The van der Waals surface area contributed by atoms with E-state index in [2.05, 4.69) is 15.3 Å². The summed E-state index contributed by atoms with van der Waals surface area (Å²) in [6, 6.07) is 7.95. The van der Waals surface area contributed by atoms with E-state index in [-0.39, 0.29) is 6.10 Å². The predicted molar refractivity (Wildman–Crippen MR) is 71.4 cm³/mol. The van der Waals surface area contributed by atoms with Gasteiger partial charge in [0, 0.05) is 17.8 Å². The Labute approximate surface area is 106 Å². The molecule has 1 saturated carbocycles. The first kappa shape index (κ1) is 11.4. The number of aliphatic hydroxyl groups excluding tert-OH is 1. The number of hydrogen-bond donors (Lipinski definition) is 2. The second-order valence-electron chi connectivity index (χ2n) is 4.88. The van der Waals surface area contributed by atoms with E-state index in [0.717, 1.165) is 42.5 Å². The third-order valence-corrected chi connectivity index (χ3v) is 3.69. The number of para-hydroxylation sites is 1. The highest BCUT2D eigenvalue weighted by molar-refractivity contribution is 5.88. The fourth-order valence-corrected chi connectivity index (χ4v) is 2.63. The maximum Gasteiger partial charge on any atom is 0.137 e. The molecule has 2 atom stereocenters. The molecule has 94 valence electrons. The number of aliphatic hydroxyl groups is 1. The van der Waals surface area contributed by atoms with Gasteiger partial charge in [-0.1, -0.05) is 18.6 Å². The number of rotatable bonds is 3. The zero-order valence-electron chi connectivity index (χ0n) is 10.2. The number of hydrogen-bond acceptors (Lipinski definition) is 4. The van der Waals surface area contributed by atoms with Gasteiger partial charge in [0.1, 0.15) is 12.1 Å². The Hall–Kier alpha value is -1.68. The summed E-state index contributed by atoms with van der Waals surface area (Å²) in [4.78, 5) is 8.53. The molecular weight excluding hydrogens is 226 g/mol. The van der Waals surface area contributed by atoms with Gasteiger partial charge < -0.3 is 10.4 Å². The summed E-state index contributed by atoms with van der Waals surface area (Å²) in [6.45, 7) is 0.780. The molecule has 0 bridgehead atoms. The van der Waals surface area contributed by atoms with Gasteiger partial charge in [0.2, 0.25) is 0 Å². The smallest absolute Gasteiger partial charge is 0.137 e. The number of fused-ring (bicyclic) bond motifs is 1. The van der Waals surface area contributed by atoms with Crippen molar-refractivity contribution < 1.29 is 5.11 Å². The summed E-state index contributed by atoms with van der Waals surface area (Å²) in [7, 11) is 0. The van der Waals surface area contributed by atoms with Gasteiger partial charge in [0.05, 0.1) is 11.6 Å². The van der Waals surface area contributed by atoms with Crippen molar-refractivity contribution in [1.82, 2.24) is 9.97 Å². The number of nitrogens with zero attached hydrogens (tertiary/aromatic N) is 2. The molecule has 3 rings (SSSR count). The Morgan fingerprint density at radius 2 is 2.11 bits per heavy atom. The number of anilines is 1. The van der Waals surface area contributed by atoms with Gasteiger partial charge in [-0.15, -0.1) is 0 Å². The minimum Gasteiger partial charge on any atom is -0.393 e. The predicted octanol–water partition coefficient (Wildman–Crippen LogP) is 2.20. The second-order valence-corrected chi connectivity index (χ2v) is 4.88. The lowest BCUT2D eigenvalue weighted by molar-refractivity contribution is 0.138. The van der Waals surface area contributed by atoms with Crippen LogP contribution in [0.25, 0.3) is 10.9 Å². The third-order valence-electron chi connectivity index (χ3n) is 3.69. The van der Waals surface area contributed by atoms with Crippen LogP contribution in [0.2, 0.25) is 0 Å². The van der Waals surface area contributed by atoms with E-state index in [9.17, 15) is 5.11 Å². The minimum absolute atomic E-state index is 0.161. The summed E-state index contributed by atoms with van der Waals surface area (Å²) in [5, 5.41) is 14.2. The van der Waals surface area contributed by atoms with Crippen molar-refractivity contribution >= 4 is 16.7 Å². The lowest BCUT2D eigenvalue weighted by Gasteiger charge is -2.16. The average molecular weight is 243 g/mol. The van der Waals surface area contributed by atoms with Crippen LogP contribution in [0.5, 0.6) is 0 Å². The van der Waals surface area contributed by atoms with Gasteiger partial charge >= 0.3 is 0 Å². The molecule has 4 heteroatoms. The van der Waals surface area contributed by atoms with Crippen molar-refractivity contribution in [3.05, 3.63) is 30.6 Å². The Morgan fingerprint density at radius 3 is 2.94 bits per heavy atom. The highest BCUT2D eigenvalue weighted by atomic mass is 16.3. The summed E-state index contributed by atoms with van der Waals surface area (Å²) < 4.78 is 0. The first-order valence-corrected chi connectivity index (χ1v) is 6.46. The van der Waals surface area contributed by atoms with Gasteiger partial charge in [-0.25, -0.2) is 9.97 Å². The van der Waals surface area contributed by atoms with E-state index in [1.165, 1.54) is 0 Å². The van der Waals surface area contributed by atoms with Crippen molar-refractivity contribution in [2.75, 3.05) is 11.9 Å². The van der Waals surface area contributed by atoms with Crippen LogP contribution < -0.4 is 5.32 Å². The number of aromatic nitrogens is 2. The van der Waals surface area contributed by atoms with Gasteiger partial charge in [-0.2, -0.15) is 0 Å². The molecule has 1 heterocycles. The van der Waals surface area contributed by atoms with Crippen LogP contribution in [0.1, 0.15) is 19.3 Å². The lowest BCUT2D eigenvalue weighted by atomic mass is 10.1. The Morgan fingerprint density at radius 1 is 1.22 bits per heavy atom. The molecule has 2 N–H and O–H groups in total. The highest BCUT2D eigenvalue weighted by Gasteiger charge is 2.24. The average Bonchev–Trinajstić information content (AvgIpc) is 2.82. The Bertz CT molecular complexity index is 538. The highest BCUT2D eigenvalue weighted by Crippen LogP contribution is 2.26. The molecule has 1 aromatic carbocycles. The van der Waals surface area contributed by atoms with E-state index in [4.69, 9.17) is 0 Å². The van der Waals surface area contributed by atoms with Gasteiger partial charge in [0.15, 0.2) is 0 Å². The van der Waals surface area contributed by atoms with Gasteiger partial charge in [-0.05, 0) is 25.0 Å². The van der Waals surface area contributed by atoms with Crippen molar-refractivity contribution in [3.8, 4) is 0 Å². The van der Waals surface area contributed by atoms with Crippen LogP contribution in [0, 0.1) is 5.92 Å². The number of benzene rings is 1. The zero-order chi connectivity index (χ0) is 12.4. The van der Waals surface area contributed by atoms with Gasteiger partial charge in [0.25, 0.3) is 0 Å². The summed E-state index contributed by atoms with van der Waals surface area (Å²) in [5.41, 5.74) is 0.946. The second kappa shape index (κ2) is 4.90. The third kappa shape index (κ3) is 2.16. The molecule has 0 radical (unpaired) electrons. The van der Waals surface area contributed by atoms with Crippen molar-refractivity contribution in [2.24, 2.45) is 5.92 Å². The Balaban J connectivity index is 1.78. The fourth-order valence-electron chi connectivity index (χ4n) is 2.63. The molecule has 0 amide bonds. The van der Waals surface area contributed by atoms with E-state index in [1.807, 2.05) is 24.3 Å². The van der Waals surface area contributed by atoms with Crippen LogP contribution in [-0.2, 0) is 0 Å². The molecule has 2 unspecified atom stereocenters. The first-order valence-electron chi connectivity index (χ1n) is 6.46. The van der Waals surface area contributed by atoms with Crippen LogP contribution in [-0.4, -0.2) is 27.7 Å². The zero-order valence-corrected chi connectivity index (χ0v) is 10.2. The summed E-state index contributed by atoms with van der Waals surface area (Å²) in [6.07, 6.45) is 4.56. The summed E-state index contributed by atoms with van der Waals surface area (Å²) in [5.74, 6) is 1.21. The molecule has 1 aromatic heterocycles. The molecule has 1 aliphatic rings. The molecule has 1 aliphatic carbocycles. The molecule has 2 aromatic rings. The topological polar surface area (TPSA) is 58.0 Å². The van der Waals surface area contributed by atoms with Crippen molar-refractivity contribution in [3.63, 3.8) is 0 Å². The molecule has 4 nitrogen and oxygen atoms in total. The van der Waals surface area contributed by atoms with Crippen molar-refractivity contribution in [1.29, 1.82) is 0 Å². The molecule has 0 spiro atoms. The largest absolute Gasteiger partial charge is 0.393 e. The molecule has 0 saturated heterocycles. The Kier molecular flexibility index (Phi) is 3.11. The van der Waals surface area contributed by atoms with Crippen LogP contribution in [0.15, 0.2) is 30.6 Å². The lowest BCUT2D eigenvalue weighted by Crippen LogP contribution is -2.22. The SMILES string of the molecule is OC1CCCC1CNc1ncnc2ccccc12.